The van der Waals surface area contributed by atoms with Crippen molar-refractivity contribution < 1.29 is 14.7 Å². The Hall–Kier alpha value is -4.50. The standard InChI is InChI=1S/C28H30N6O3/c29-16-7-2-1-4-11-23-19-34(24-12-5-3-6-13-24)27(31-23)33-26(35)21-10-8-9-20(17-21)22-14-15-25(30-18-22)32-28(36)37/h3,5-6,8-10,12-15,17-19H,1-2,4,7,11,16,29H2,(H,30,32)(H,36,37)(H,31,33,35). The van der Waals surface area contributed by atoms with Crippen molar-refractivity contribution in [2.75, 3.05) is 17.2 Å². The molecular formula is C28H30N6O3. The van der Waals surface area contributed by atoms with Crippen LogP contribution in [-0.4, -0.2) is 38.2 Å². The monoisotopic (exact) mass is 498 g/mol. The zero-order valence-corrected chi connectivity index (χ0v) is 20.4. The SMILES string of the molecule is NCCCCCCc1cn(-c2ccccc2)c(NC(=O)c2cccc(-c3ccc(NC(=O)O)nc3)c2)n1. The highest BCUT2D eigenvalue weighted by Gasteiger charge is 2.15. The average molecular weight is 499 g/mol. The molecule has 0 atom stereocenters. The lowest BCUT2D eigenvalue weighted by Crippen LogP contribution is -2.15. The van der Waals surface area contributed by atoms with Gasteiger partial charge in [0.1, 0.15) is 5.82 Å². The molecule has 4 aromatic rings. The van der Waals surface area contributed by atoms with Crippen LogP contribution in [0.2, 0.25) is 0 Å². The van der Waals surface area contributed by atoms with Crippen LogP contribution >= 0.6 is 0 Å². The Labute approximate surface area is 215 Å². The van der Waals surface area contributed by atoms with Crippen molar-refractivity contribution in [1.29, 1.82) is 0 Å². The number of imidazole rings is 1. The number of carboxylic acid groups (broad SMARTS) is 1. The molecule has 2 aromatic heterocycles. The Morgan fingerprint density at radius 1 is 0.892 bits per heavy atom. The Morgan fingerprint density at radius 2 is 1.70 bits per heavy atom. The summed E-state index contributed by atoms with van der Waals surface area (Å²) < 4.78 is 1.90. The first kappa shape index (κ1) is 25.6. The summed E-state index contributed by atoms with van der Waals surface area (Å²) >= 11 is 0. The minimum absolute atomic E-state index is 0.230. The van der Waals surface area contributed by atoms with Gasteiger partial charge in [0.25, 0.3) is 5.91 Å². The van der Waals surface area contributed by atoms with Gasteiger partial charge in [0.2, 0.25) is 5.95 Å². The molecule has 0 aliphatic rings. The summed E-state index contributed by atoms with van der Waals surface area (Å²) in [5.74, 6) is 0.411. The topological polar surface area (TPSA) is 135 Å². The molecule has 2 amide bonds. The molecule has 0 radical (unpaired) electrons. The summed E-state index contributed by atoms with van der Waals surface area (Å²) in [7, 11) is 0. The number of aromatic nitrogens is 3. The largest absolute Gasteiger partial charge is 0.465 e. The van der Waals surface area contributed by atoms with Crippen LogP contribution in [0.15, 0.2) is 79.1 Å². The number of rotatable bonds is 11. The number of aryl methyl sites for hydroxylation is 1. The minimum atomic E-state index is -1.18. The van der Waals surface area contributed by atoms with Gasteiger partial charge in [0, 0.05) is 29.2 Å². The molecule has 37 heavy (non-hydrogen) atoms. The third-order valence-corrected chi connectivity index (χ3v) is 5.86. The second-order valence-electron chi connectivity index (χ2n) is 8.61. The molecule has 4 rings (SSSR count). The molecule has 0 saturated carbocycles. The molecule has 2 aromatic carbocycles. The normalized spacial score (nSPS) is 10.7. The predicted octanol–water partition coefficient (Wildman–Crippen LogP) is 5.34. The van der Waals surface area contributed by atoms with Gasteiger partial charge in [-0.2, -0.15) is 0 Å². The minimum Gasteiger partial charge on any atom is -0.465 e. The van der Waals surface area contributed by atoms with Crippen LogP contribution in [-0.2, 0) is 6.42 Å². The van der Waals surface area contributed by atoms with E-state index in [-0.39, 0.29) is 11.7 Å². The highest BCUT2D eigenvalue weighted by molar-refractivity contribution is 6.04. The Morgan fingerprint density at radius 3 is 2.43 bits per heavy atom. The molecule has 9 nitrogen and oxygen atoms in total. The van der Waals surface area contributed by atoms with E-state index in [4.69, 9.17) is 15.8 Å². The summed E-state index contributed by atoms with van der Waals surface area (Å²) in [4.78, 5) is 32.9. The molecule has 0 unspecified atom stereocenters. The number of carbonyl (C=O) groups is 2. The van der Waals surface area contributed by atoms with Crippen LogP contribution in [0.4, 0.5) is 16.6 Å². The van der Waals surface area contributed by atoms with E-state index >= 15 is 0 Å². The van der Waals surface area contributed by atoms with Gasteiger partial charge in [-0.25, -0.2) is 14.8 Å². The number of carbonyl (C=O) groups excluding carboxylic acids is 1. The number of nitrogens with one attached hydrogen (secondary N) is 2. The summed E-state index contributed by atoms with van der Waals surface area (Å²) in [5, 5.41) is 14.0. The summed E-state index contributed by atoms with van der Waals surface area (Å²) in [5.41, 5.74) is 9.43. The fraction of sp³-hybridized carbons (Fsp3) is 0.214. The fourth-order valence-corrected chi connectivity index (χ4v) is 3.99. The number of para-hydroxylation sites is 1. The van der Waals surface area contributed by atoms with E-state index < -0.39 is 6.09 Å². The fourth-order valence-electron chi connectivity index (χ4n) is 3.99. The molecule has 0 saturated heterocycles. The maximum absolute atomic E-state index is 13.2. The zero-order chi connectivity index (χ0) is 26.0. The van der Waals surface area contributed by atoms with Gasteiger partial charge in [-0.1, -0.05) is 43.2 Å². The maximum Gasteiger partial charge on any atom is 0.410 e. The van der Waals surface area contributed by atoms with Gasteiger partial charge in [0.15, 0.2) is 0 Å². The lowest BCUT2D eigenvalue weighted by Gasteiger charge is -2.10. The highest BCUT2D eigenvalue weighted by atomic mass is 16.4. The van der Waals surface area contributed by atoms with Gasteiger partial charge >= 0.3 is 6.09 Å². The van der Waals surface area contributed by atoms with E-state index in [9.17, 15) is 9.59 Å². The quantitative estimate of drug-likeness (QED) is 0.206. The van der Waals surface area contributed by atoms with Crippen LogP contribution in [0.5, 0.6) is 0 Å². The summed E-state index contributed by atoms with van der Waals surface area (Å²) in [6.07, 6.45) is 7.41. The van der Waals surface area contributed by atoms with Crippen molar-refractivity contribution >= 4 is 23.8 Å². The third-order valence-electron chi connectivity index (χ3n) is 5.86. The molecule has 9 heteroatoms. The van der Waals surface area contributed by atoms with Gasteiger partial charge in [-0.05, 0) is 67.8 Å². The van der Waals surface area contributed by atoms with Gasteiger partial charge in [0.05, 0.1) is 5.69 Å². The number of unbranched alkanes of at least 4 members (excludes halogenated alkanes) is 3. The van der Waals surface area contributed by atoms with Crippen molar-refractivity contribution in [2.45, 2.75) is 32.1 Å². The maximum atomic E-state index is 13.2. The van der Waals surface area contributed by atoms with E-state index in [2.05, 4.69) is 15.6 Å². The van der Waals surface area contributed by atoms with Crippen molar-refractivity contribution in [3.63, 3.8) is 0 Å². The molecule has 0 fully saturated rings. The number of benzene rings is 2. The van der Waals surface area contributed by atoms with E-state index in [0.29, 0.717) is 18.1 Å². The first-order chi connectivity index (χ1) is 18.0. The van der Waals surface area contributed by atoms with Crippen LogP contribution in [0.3, 0.4) is 0 Å². The third kappa shape index (κ3) is 7.02. The molecule has 0 spiro atoms. The molecule has 0 bridgehead atoms. The lowest BCUT2D eigenvalue weighted by atomic mass is 10.0. The predicted molar refractivity (Wildman–Crippen MR) is 144 cm³/mol. The number of hydrogen-bond acceptors (Lipinski definition) is 5. The van der Waals surface area contributed by atoms with Crippen LogP contribution in [0.25, 0.3) is 16.8 Å². The first-order valence-electron chi connectivity index (χ1n) is 12.2. The molecule has 5 N–H and O–H groups in total. The van der Waals surface area contributed by atoms with E-state index in [0.717, 1.165) is 54.6 Å². The van der Waals surface area contributed by atoms with Crippen molar-refractivity contribution in [3.8, 4) is 16.8 Å². The Kier molecular flexibility index (Phi) is 8.62. The van der Waals surface area contributed by atoms with Gasteiger partial charge < -0.3 is 10.8 Å². The number of nitrogens with zero attached hydrogens (tertiary/aromatic N) is 3. The van der Waals surface area contributed by atoms with Crippen molar-refractivity contribution in [3.05, 3.63) is 90.4 Å². The van der Waals surface area contributed by atoms with Crippen molar-refractivity contribution in [1.82, 2.24) is 14.5 Å². The van der Waals surface area contributed by atoms with Gasteiger partial charge in [-0.15, -0.1) is 0 Å². The zero-order valence-electron chi connectivity index (χ0n) is 20.4. The van der Waals surface area contributed by atoms with Crippen molar-refractivity contribution in [2.24, 2.45) is 5.73 Å². The van der Waals surface area contributed by atoms with Crippen LogP contribution in [0.1, 0.15) is 41.7 Å². The molecular weight excluding hydrogens is 468 g/mol. The van der Waals surface area contributed by atoms with E-state index in [1.54, 1.807) is 36.5 Å². The molecule has 2 heterocycles. The number of pyridine rings is 1. The molecule has 0 aliphatic carbocycles. The summed E-state index contributed by atoms with van der Waals surface area (Å²) in [6.45, 7) is 0.712. The smallest absolute Gasteiger partial charge is 0.410 e. The summed E-state index contributed by atoms with van der Waals surface area (Å²) in [6, 6.07) is 20.3. The first-order valence-corrected chi connectivity index (χ1v) is 12.2. The lowest BCUT2D eigenvalue weighted by molar-refractivity contribution is 0.102. The highest BCUT2D eigenvalue weighted by Crippen LogP contribution is 2.23. The Bertz CT molecular complexity index is 1340. The number of amides is 2. The van der Waals surface area contributed by atoms with E-state index in [1.165, 1.54) is 0 Å². The van der Waals surface area contributed by atoms with Crippen LogP contribution in [0, 0.1) is 0 Å². The average Bonchev–Trinajstić information content (AvgIpc) is 3.31. The van der Waals surface area contributed by atoms with Gasteiger partial charge in [-0.3, -0.25) is 20.0 Å². The second-order valence-corrected chi connectivity index (χ2v) is 8.61. The number of anilines is 2. The molecule has 190 valence electrons. The van der Waals surface area contributed by atoms with E-state index in [1.807, 2.05) is 47.2 Å². The van der Waals surface area contributed by atoms with Crippen LogP contribution < -0.4 is 16.4 Å². The number of nitrogens with two attached hydrogens (primary N) is 1. The Balaban J connectivity index is 1.52. The number of hydrogen-bond donors (Lipinski definition) is 4. The second kappa shape index (κ2) is 12.5. The molecule has 0 aliphatic heterocycles.